The van der Waals surface area contributed by atoms with Gasteiger partial charge in [0, 0.05) is 12.5 Å². The molecule has 90 valence electrons. The SMILES string of the molecule is NC(CC(=O)NC(C(=O)O)C1CC1)C1CC1. The molecule has 0 bridgehead atoms. The van der Waals surface area contributed by atoms with Crippen molar-refractivity contribution in [3.63, 3.8) is 0 Å². The van der Waals surface area contributed by atoms with E-state index in [-0.39, 0.29) is 24.3 Å². The summed E-state index contributed by atoms with van der Waals surface area (Å²) in [6.45, 7) is 0. The molecule has 5 nitrogen and oxygen atoms in total. The Morgan fingerprint density at radius 1 is 1.25 bits per heavy atom. The zero-order valence-electron chi connectivity index (χ0n) is 9.19. The fourth-order valence-electron chi connectivity index (χ4n) is 1.95. The largest absolute Gasteiger partial charge is 0.480 e. The number of rotatable bonds is 6. The summed E-state index contributed by atoms with van der Waals surface area (Å²) in [5, 5.41) is 11.5. The molecule has 0 spiro atoms. The van der Waals surface area contributed by atoms with Gasteiger partial charge in [-0.15, -0.1) is 0 Å². The van der Waals surface area contributed by atoms with Crippen molar-refractivity contribution >= 4 is 11.9 Å². The van der Waals surface area contributed by atoms with Crippen molar-refractivity contribution in [1.29, 1.82) is 0 Å². The molecule has 2 unspecified atom stereocenters. The Morgan fingerprint density at radius 2 is 1.81 bits per heavy atom. The Hall–Kier alpha value is -1.10. The minimum Gasteiger partial charge on any atom is -0.480 e. The first-order chi connectivity index (χ1) is 7.58. The van der Waals surface area contributed by atoms with Crippen LogP contribution in [-0.2, 0) is 9.59 Å². The molecule has 0 radical (unpaired) electrons. The van der Waals surface area contributed by atoms with Crippen LogP contribution in [-0.4, -0.2) is 29.1 Å². The van der Waals surface area contributed by atoms with Crippen molar-refractivity contribution < 1.29 is 14.7 Å². The van der Waals surface area contributed by atoms with Crippen LogP contribution in [0, 0.1) is 11.8 Å². The molecule has 2 rings (SSSR count). The molecule has 0 heterocycles. The lowest BCUT2D eigenvalue weighted by Crippen LogP contribution is -2.44. The molecule has 0 aliphatic heterocycles. The maximum Gasteiger partial charge on any atom is 0.326 e. The van der Waals surface area contributed by atoms with E-state index in [4.69, 9.17) is 10.8 Å². The van der Waals surface area contributed by atoms with Gasteiger partial charge in [-0.2, -0.15) is 0 Å². The molecule has 4 N–H and O–H groups in total. The lowest BCUT2D eigenvalue weighted by molar-refractivity contribution is -0.142. The lowest BCUT2D eigenvalue weighted by Gasteiger charge is -2.15. The Morgan fingerprint density at radius 3 is 2.25 bits per heavy atom. The number of nitrogens with two attached hydrogens (primary N) is 1. The Balaban J connectivity index is 1.77. The number of carboxylic acids is 1. The zero-order valence-corrected chi connectivity index (χ0v) is 9.19. The van der Waals surface area contributed by atoms with E-state index >= 15 is 0 Å². The van der Waals surface area contributed by atoms with Crippen LogP contribution in [0.5, 0.6) is 0 Å². The molecular formula is C11H18N2O3. The summed E-state index contributed by atoms with van der Waals surface area (Å²) < 4.78 is 0. The van der Waals surface area contributed by atoms with E-state index in [1.54, 1.807) is 0 Å². The highest BCUT2D eigenvalue weighted by atomic mass is 16.4. The molecule has 0 saturated heterocycles. The van der Waals surface area contributed by atoms with Crippen molar-refractivity contribution in [3.05, 3.63) is 0 Å². The van der Waals surface area contributed by atoms with Crippen LogP contribution in [0.4, 0.5) is 0 Å². The smallest absolute Gasteiger partial charge is 0.326 e. The number of carboxylic acid groups (broad SMARTS) is 1. The van der Waals surface area contributed by atoms with Crippen LogP contribution < -0.4 is 11.1 Å². The van der Waals surface area contributed by atoms with Gasteiger partial charge in [-0.05, 0) is 37.5 Å². The highest BCUT2D eigenvalue weighted by Gasteiger charge is 2.38. The number of aliphatic carboxylic acids is 1. The normalized spacial score (nSPS) is 23.6. The number of carbonyl (C=O) groups excluding carboxylic acids is 1. The monoisotopic (exact) mass is 226 g/mol. The molecule has 5 heteroatoms. The number of hydrogen-bond donors (Lipinski definition) is 3. The molecule has 2 saturated carbocycles. The molecule has 2 atom stereocenters. The van der Waals surface area contributed by atoms with E-state index in [1.807, 2.05) is 0 Å². The van der Waals surface area contributed by atoms with Crippen molar-refractivity contribution in [3.8, 4) is 0 Å². The van der Waals surface area contributed by atoms with Gasteiger partial charge >= 0.3 is 5.97 Å². The number of nitrogens with one attached hydrogen (secondary N) is 1. The minimum atomic E-state index is -0.934. The molecule has 16 heavy (non-hydrogen) atoms. The maximum absolute atomic E-state index is 11.6. The van der Waals surface area contributed by atoms with E-state index in [1.165, 1.54) is 0 Å². The van der Waals surface area contributed by atoms with Crippen molar-refractivity contribution in [2.24, 2.45) is 17.6 Å². The second-order valence-corrected chi connectivity index (χ2v) is 4.93. The lowest BCUT2D eigenvalue weighted by atomic mass is 10.1. The maximum atomic E-state index is 11.6. The molecule has 2 aliphatic rings. The predicted octanol–water partition coefficient (Wildman–Crippen LogP) is 0.0932. The number of carbonyl (C=O) groups is 2. The van der Waals surface area contributed by atoms with Gasteiger partial charge in [0.15, 0.2) is 0 Å². The molecule has 0 aromatic rings. The van der Waals surface area contributed by atoms with E-state index in [9.17, 15) is 9.59 Å². The molecular weight excluding hydrogens is 208 g/mol. The van der Waals surface area contributed by atoms with Gasteiger partial charge < -0.3 is 16.2 Å². The second-order valence-electron chi connectivity index (χ2n) is 4.93. The predicted molar refractivity (Wildman–Crippen MR) is 57.6 cm³/mol. The van der Waals surface area contributed by atoms with Crippen LogP contribution in [0.2, 0.25) is 0 Å². The zero-order chi connectivity index (χ0) is 11.7. The summed E-state index contributed by atoms with van der Waals surface area (Å²) in [4.78, 5) is 22.5. The second kappa shape index (κ2) is 4.41. The first-order valence-electron chi connectivity index (χ1n) is 5.85. The summed E-state index contributed by atoms with van der Waals surface area (Å²) in [6.07, 6.45) is 4.23. The third-order valence-electron chi connectivity index (χ3n) is 3.32. The van der Waals surface area contributed by atoms with E-state index in [0.29, 0.717) is 5.92 Å². The van der Waals surface area contributed by atoms with E-state index in [2.05, 4.69) is 5.32 Å². The summed E-state index contributed by atoms with van der Waals surface area (Å²) in [5.41, 5.74) is 5.82. The summed E-state index contributed by atoms with van der Waals surface area (Å²) in [7, 11) is 0. The number of amides is 1. The third-order valence-corrected chi connectivity index (χ3v) is 3.32. The average molecular weight is 226 g/mol. The highest BCUT2D eigenvalue weighted by Crippen LogP contribution is 2.34. The first kappa shape index (κ1) is 11.4. The molecule has 0 aromatic carbocycles. The quantitative estimate of drug-likeness (QED) is 0.598. The fourth-order valence-corrected chi connectivity index (χ4v) is 1.95. The Bertz CT molecular complexity index is 298. The number of hydrogen-bond acceptors (Lipinski definition) is 3. The van der Waals surface area contributed by atoms with Crippen LogP contribution in [0.15, 0.2) is 0 Å². The van der Waals surface area contributed by atoms with E-state index in [0.717, 1.165) is 25.7 Å². The van der Waals surface area contributed by atoms with Crippen molar-refractivity contribution in [2.75, 3.05) is 0 Å². The molecule has 2 fully saturated rings. The van der Waals surface area contributed by atoms with Gasteiger partial charge in [0.25, 0.3) is 0 Å². The van der Waals surface area contributed by atoms with Crippen LogP contribution in [0.3, 0.4) is 0 Å². The van der Waals surface area contributed by atoms with Crippen molar-refractivity contribution in [1.82, 2.24) is 5.32 Å². The average Bonchev–Trinajstić information content (AvgIpc) is 3.01. The van der Waals surface area contributed by atoms with Gasteiger partial charge in [0.2, 0.25) is 5.91 Å². The molecule has 2 aliphatic carbocycles. The summed E-state index contributed by atoms with van der Waals surface area (Å²) >= 11 is 0. The van der Waals surface area contributed by atoms with E-state index < -0.39 is 12.0 Å². The van der Waals surface area contributed by atoms with Crippen molar-refractivity contribution in [2.45, 2.75) is 44.2 Å². The molecule has 1 amide bonds. The van der Waals surface area contributed by atoms with Gasteiger partial charge in [0.05, 0.1) is 0 Å². The molecule has 0 aromatic heterocycles. The minimum absolute atomic E-state index is 0.103. The van der Waals surface area contributed by atoms with Gasteiger partial charge in [-0.25, -0.2) is 4.79 Å². The summed E-state index contributed by atoms with van der Waals surface area (Å²) in [6, 6.07) is -0.812. The third kappa shape index (κ3) is 2.95. The van der Waals surface area contributed by atoms with Gasteiger partial charge in [-0.3, -0.25) is 4.79 Å². The first-order valence-corrected chi connectivity index (χ1v) is 5.85. The highest BCUT2D eigenvalue weighted by molar-refractivity contribution is 5.84. The standard InChI is InChI=1S/C11H18N2O3/c12-8(6-1-2-6)5-9(14)13-10(11(15)16)7-3-4-7/h6-8,10H,1-5,12H2,(H,13,14)(H,15,16). The summed E-state index contributed by atoms with van der Waals surface area (Å²) in [5.74, 6) is -0.567. The van der Waals surface area contributed by atoms with Gasteiger partial charge in [-0.1, -0.05) is 0 Å². The van der Waals surface area contributed by atoms with Gasteiger partial charge in [0.1, 0.15) is 6.04 Å². The topological polar surface area (TPSA) is 92.4 Å². The van der Waals surface area contributed by atoms with Crippen LogP contribution in [0.1, 0.15) is 32.1 Å². The fraction of sp³-hybridized carbons (Fsp3) is 0.818. The Labute approximate surface area is 94.4 Å². The van der Waals surface area contributed by atoms with Crippen LogP contribution >= 0.6 is 0 Å². The Kier molecular flexibility index (Phi) is 3.14. The van der Waals surface area contributed by atoms with Crippen LogP contribution in [0.25, 0.3) is 0 Å².